The third-order valence-corrected chi connectivity index (χ3v) is 10.5. The van der Waals surface area contributed by atoms with E-state index in [2.05, 4.69) is 32.6 Å². The molecule has 4 saturated carbocycles. The second-order valence-electron chi connectivity index (χ2n) is 12.5. The summed E-state index contributed by atoms with van der Waals surface area (Å²) < 4.78 is 0. The standard InChI is InChI=1S/C31H48O4/c1-5-29(35)31(16-17-31)15-7-9-27(33)21(3)25-12-13-26-22(8-6-14-30(25,26)4)10-11-23-18-24(32)19-28(34)20(23)2/h10-11,21,24-28,32-34H,2,5-9,12-19H2,1,3-4H3/b22-10+,23-11-/t21-,24+,25+,26-,27+,28-,30+/m0/s1. The predicted octanol–water partition coefficient (Wildman–Crippen LogP) is 6.05. The van der Waals surface area contributed by atoms with E-state index in [0.29, 0.717) is 36.9 Å². The first kappa shape index (κ1) is 26.8. The number of carbonyl (C=O) groups is 1. The minimum atomic E-state index is -0.645. The Morgan fingerprint density at radius 3 is 2.63 bits per heavy atom. The highest BCUT2D eigenvalue weighted by Gasteiger charge is 2.52. The first-order valence-electron chi connectivity index (χ1n) is 14.3. The Bertz CT molecular complexity index is 865. The van der Waals surface area contributed by atoms with E-state index < -0.39 is 12.2 Å². The average Bonchev–Trinajstić information content (AvgIpc) is 3.53. The maximum Gasteiger partial charge on any atom is 0.138 e. The highest BCUT2D eigenvalue weighted by molar-refractivity contribution is 5.87. The summed E-state index contributed by atoms with van der Waals surface area (Å²) in [5, 5.41) is 31.4. The van der Waals surface area contributed by atoms with Crippen LogP contribution in [0.4, 0.5) is 0 Å². The molecule has 4 aliphatic carbocycles. The molecule has 0 unspecified atom stereocenters. The maximum atomic E-state index is 12.2. The number of aliphatic hydroxyl groups excluding tert-OH is 3. The van der Waals surface area contributed by atoms with Crippen LogP contribution in [0.5, 0.6) is 0 Å². The van der Waals surface area contributed by atoms with E-state index in [-0.39, 0.29) is 22.9 Å². The molecule has 196 valence electrons. The van der Waals surface area contributed by atoms with Crippen molar-refractivity contribution in [1.29, 1.82) is 0 Å². The van der Waals surface area contributed by atoms with Gasteiger partial charge < -0.3 is 15.3 Å². The number of fused-ring (bicyclic) bond motifs is 1. The minimum absolute atomic E-state index is 0.0462. The molecular formula is C31H48O4. The third-order valence-electron chi connectivity index (χ3n) is 10.5. The molecule has 3 N–H and O–H groups in total. The zero-order valence-corrected chi connectivity index (χ0v) is 22.3. The van der Waals surface area contributed by atoms with Crippen LogP contribution in [0.15, 0.2) is 35.5 Å². The number of hydrogen-bond acceptors (Lipinski definition) is 4. The number of carbonyl (C=O) groups excluding carboxylic acids is 1. The van der Waals surface area contributed by atoms with Gasteiger partial charge in [-0.2, -0.15) is 0 Å². The summed E-state index contributed by atoms with van der Waals surface area (Å²) in [7, 11) is 0. The highest BCUT2D eigenvalue weighted by atomic mass is 16.3. The summed E-state index contributed by atoms with van der Waals surface area (Å²) >= 11 is 0. The van der Waals surface area contributed by atoms with Gasteiger partial charge in [-0.3, -0.25) is 4.79 Å². The van der Waals surface area contributed by atoms with Gasteiger partial charge in [-0.15, -0.1) is 0 Å². The topological polar surface area (TPSA) is 77.8 Å². The Morgan fingerprint density at radius 1 is 1.20 bits per heavy atom. The fraction of sp³-hybridized carbons (Fsp3) is 0.774. The zero-order chi connectivity index (χ0) is 25.4. The average molecular weight is 485 g/mol. The van der Waals surface area contributed by atoms with Gasteiger partial charge in [-0.1, -0.05) is 45.1 Å². The molecule has 7 atom stereocenters. The SMILES string of the molecule is C=C1/C(=C\C=C2/CCC[C@]3(C)[C@@H]([C@H](C)[C@H](O)CCCC4(C(=O)CC)CC4)CC[C@@H]23)C[C@@H](O)C[C@@H]1O. The van der Waals surface area contributed by atoms with Crippen LogP contribution < -0.4 is 0 Å². The van der Waals surface area contributed by atoms with E-state index >= 15 is 0 Å². The Balaban J connectivity index is 1.39. The van der Waals surface area contributed by atoms with E-state index in [1.54, 1.807) is 0 Å². The van der Waals surface area contributed by atoms with Gasteiger partial charge in [0.15, 0.2) is 0 Å². The van der Waals surface area contributed by atoms with Crippen molar-refractivity contribution in [2.45, 2.75) is 123 Å². The molecule has 0 bridgehead atoms. The van der Waals surface area contributed by atoms with Crippen molar-refractivity contribution in [2.24, 2.45) is 28.6 Å². The second kappa shape index (κ2) is 10.6. The summed E-state index contributed by atoms with van der Waals surface area (Å²) in [4.78, 5) is 12.2. The van der Waals surface area contributed by atoms with Gasteiger partial charge in [0, 0.05) is 18.3 Å². The van der Waals surface area contributed by atoms with Crippen LogP contribution in [0.2, 0.25) is 0 Å². The van der Waals surface area contributed by atoms with E-state index in [1.165, 1.54) is 24.8 Å². The number of rotatable bonds is 9. The molecule has 4 nitrogen and oxygen atoms in total. The van der Waals surface area contributed by atoms with Crippen molar-refractivity contribution in [3.05, 3.63) is 35.5 Å². The van der Waals surface area contributed by atoms with Gasteiger partial charge in [0.05, 0.1) is 18.3 Å². The largest absolute Gasteiger partial charge is 0.393 e. The number of allylic oxidation sites excluding steroid dienone is 3. The first-order valence-corrected chi connectivity index (χ1v) is 14.3. The summed E-state index contributed by atoms with van der Waals surface area (Å²) in [5.74, 6) is 1.74. The molecule has 0 aromatic carbocycles. The third kappa shape index (κ3) is 5.40. The maximum absolute atomic E-state index is 12.2. The van der Waals surface area contributed by atoms with E-state index in [4.69, 9.17) is 0 Å². The van der Waals surface area contributed by atoms with E-state index in [9.17, 15) is 20.1 Å². The Hall–Kier alpha value is -1.23. The fourth-order valence-electron chi connectivity index (χ4n) is 7.98. The van der Waals surface area contributed by atoms with Crippen LogP contribution in [0.25, 0.3) is 0 Å². The molecule has 0 aliphatic heterocycles. The van der Waals surface area contributed by atoms with Gasteiger partial charge >= 0.3 is 0 Å². The molecule has 4 rings (SSSR count). The number of aliphatic hydroxyl groups is 3. The zero-order valence-electron chi connectivity index (χ0n) is 22.3. The summed E-state index contributed by atoms with van der Waals surface area (Å²) in [6.07, 6.45) is 15.1. The van der Waals surface area contributed by atoms with Crippen molar-refractivity contribution in [2.75, 3.05) is 0 Å². The summed E-state index contributed by atoms with van der Waals surface area (Å²) in [6.45, 7) is 10.7. The summed E-state index contributed by atoms with van der Waals surface area (Å²) in [5.41, 5.74) is 3.38. The molecule has 0 spiro atoms. The molecule has 0 radical (unpaired) electrons. The Morgan fingerprint density at radius 2 is 1.94 bits per heavy atom. The first-order chi connectivity index (χ1) is 16.6. The summed E-state index contributed by atoms with van der Waals surface area (Å²) in [6, 6.07) is 0. The molecule has 4 heteroatoms. The lowest BCUT2D eigenvalue weighted by atomic mass is 9.60. The molecule has 0 saturated heterocycles. The Kier molecular flexibility index (Phi) is 8.15. The van der Waals surface area contributed by atoms with Crippen molar-refractivity contribution >= 4 is 5.78 Å². The van der Waals surface area contributed by atoms with Crippen molar-refractivity contribution in [3.8, 4) is 0 Å². The van der Waals surface area contributed by atoms with Crippen LogP contribution in [0.1, 0.15) is 104 Å². The normalized spacial score (nSPS) is 38.4. The van der Waals surface area contributed by atoms with Gasteiger partial charge in [0.1, 0.15) is 5.78 Å². The second-order valence-corrected chi connectivity index (χ2v) is 12.5. The van der Waals surface area contributed by atoms with Gasteiger partial charge in [0.25, 0.3) is 0 Å². The van der Waals surface area contributed by atoms with Crippen molar-refractivity contribution in [3.63, 3.8) is 0 Å². The molecule has 0 amide bonds. The highest BCUT2D eigenvalue weighted by Crippen LogP contribution is 2.60. The minimum Gasteiger partial charge on any atom is -0.393 e. The van der Waals surface area contributed by atoms with Gasteiger partial charge in [-0.05, 0) is 105 Å². The predicted molar refractivity (Wildman–Crippen MR) is 141 cm³/mol. The van der Waals surface area contributed by atoms with Gasteiger partial charge in [-0.25, -0.2) is 0 Å². The van der Waals surface area contributed by atoms with E-state index in [1.807, 2.05) is 6.92 Å². The quantitative estimate of drug-likeness (QED) is 0.372. The fourth-order valence-corrected chi connectivity index (χ4v) is 7.98. The van der Waals surface area contributed by atoms with Crippen LogP contribution >= 0.6 is 0 Å². The molecule has 4 fully saturated rings. The number of ketones is 1. The lowest BCUT2D eigenvalue weighted by Gasteiger charge is -2.45. The van der Waals surface area contributed by atoms with Gasteiger partial charge in [0.2, 0.25) is 0 Å². The van der Waals surface area contributed by atoms with Crippen LogP contribution in [-0.2, 0) is 4.79 Å². The Labute approximate surface area is 212 Å². The molecule has 4 aliphatic rings. The van der Waals surface area contributed by atoms with Crippen molar-refractivity contribution < 1.29 is 20.1 Å². The lowest BCUT2D eigenvalue weighted by molar-refractivity contribution is -0.124. The number of Topliss-reactive ketones (excluding diaryl/α,β-unsaturated/α-hetero) is 1. The van der Waals surface area contributed by atoms with E-state index in [0.717, 1.165) is 56.1 Å². The van der Waals surface area contributed by atoms with Crippen LogP contribution in [0, 0.1) is 28.6 Å². The molecule has 35 heavy (non-hydrogen) atoms. The monoisotopic (exact) mass is 484 g/mol. The van der Waals surface area contributed by atoms with Crippen LogP contribution in [-0.4, -0.2) is 39.4 Å². The lowest BCUT2D eigenvalue weighted by Crippen LogP contribution is -2.39. The molecule has 0 aromatic rings. The molecule has 0 aromatic heterocycles. The van der Waals surface area contributed by atoms with Crippen LogP contribution in [0.3, 0.4) is 0 Å². The smallest absolute Gasteiger partial charge is 0.138 e. The molecule has 0 heterocycles. The number of hydrogen-bond donors (Lipinski definition) is 3. The van der Waals surface area contributed by atoms with Crippen molar-refractivity contribution in [1.82, 2.24) is 0 Å². The molecular weight excluding hydrogens is 436 g/mol.